The van der Waals surface area contributed by atoms with Gasteiger partial charge in [0.2, 0.25) is 0 Å². The van der Waals surface area contributed by atoms with Crippen LogP contribution in [0.2, 0.25) is 0 Å². The molecule has 0 radical (unpaired) electrons. The van der Waals surface area contributed by atoms with Crippen molar-refractivity contribution in [3.8, 4) is 0 Å². The average molecular weight is 348 g/mol. The molecule has 0 bridgehead atoms. The molecule has 24 heavy (non-hydrogen) atoms. The summed E-state index contributed by atoms with van der Waals surface area (Å²) in [5, 5.41) is 0.189. The fraction of sp³-hybridized carbons (Fsp3) is 0.579. The number of esters is 2. The third-order valence-electron chi connectivity index (χ3n) is 4.93. The molecule has 0 spiro atoms. The Morgan fingerprint density at radius 1 is 1.17 bits per heavy atom. The monoisotopic (exact) mass is 348 g/mol. The Morgan fingerprint density at radius 2 is 1.83 bits per heavy atom. The first-order chi connectivity index (χ1) is 11.4. The summed E-state index contributed by atoms with van der Waals surface area (Å²) in [5.41, 5.74) is 0.700. The molecule has 2 fully saturated rings. The molecule has 1 aliphatic heterocycles. The number of hydrogen-bond donors (Lipinski definition) is 0. The second-order valence-corrected chi connectivity index (χ2v) is 8.86. The zero-order valence-electron chi connectivity index (χ0n) is 14.4. The molecule has 1 saturated heterocycles. The lowest BCUT2D eigenvalue weighted by Crippen LogP contribution is -2.23. The van der Waals surface area contributed by atoms with Crippen molar-refractivity contribution in [2.75, 3.05) is 6.61 Å². The number of carbonyl (C=O) groups excluding carboxylic acids is 2. The minimum Gasteiger partial charge on any atom is -0.461 e. The molecule has 1 saturated carbocycles. The van der Waals surface area contributed by atoms with E-state index < -0.39 is 0 Å². The SMILES string of the molecule is CC(=O)OC1S[C@H](COC(=O)c2ccccc2)[C@H]2CC(C)(C)C[C@@H]12. The lowest BCUT2D eigenvalue weighted by molar-refractivity contribution is -0.144. The van der Waals surface area contributed by atoms with Crippen LogP contribution in [0.4, 0.5) is 0 Å². The summed E-state index contributed by atoms with van der Waals surface area (Å²) in [6.07, 6.45) is 2.13. The van der Waals surface area contributed by atoms with Crippen molar-refractivity contribution in [1.29, 1.82) is 0 Å². The van der Waals surface area contributed by atoms with E-state index in [4.69, 9.17) is 9.47 Å². The van der Waals surface area contributed by atoms with E-state index in [0.717, 1.165) is 12.8 Å². The molecule has 3 rings (SSSR count). The summed E-state index contributed by atoms with van der Waals surface area (Å²) in [5.74, 6) is 0.256. The number of rotatable bonds is 4. The van der Waals surface area contributed by atoms with Crippen molar-refractivity contribution in [3.63, 3.8) is 0 Å². The minimum atomic E-state index is -0.291. The standard InChI is InChI=1S/C19H24O4S/c1-12(20)23-18-15-10-19(2,3)9-14(15)16(24-18)11-22-17(21)13-7-5-4-6-8-13/h4-8,14-16,18H,9-11H2,1-3H3/t14-,15+,16+,18?/m0/s1. The second-order valence-electron chi connectivity index (χ2n) is 7.52. The van der Waals surface area contributed by atoms with Crippen molar-refractivity contribution < 1.29 is 19.1 Å². The van der Waals surface area contributed by atoms with E-state index in [1.807, 2.05) is 18.2 Å². The highest BCUT2D eigenvalue weighted by Crippen LogP contribution is 2.57. The van der Waals surface area contributed by atoms with Crippen LogP contribution in [-0.2, 0) is 14.3 Å². The van der Waals surface area contributed by atoms with Crippen molar-refractivity contribution in [3.05, 3.63) is 35.9 Å². The van der Waals surface area contributed by atoms with E-state index >= 15 is 0 Å². The summed E-state index contributed by atoms with van der Waals surface area (Å²) < 4.78 is 11.1. The number of benzene rings is 1. The molecule has 4 atom stereocenters. The van der Waals surface area contributed by atoms with E-state index in [9.17, 15) is 9.59 Å². The van der Waals surface area contributed by atoms with Crippen LogP contribution in [0, 0.1) is 17.3 Å². The maximum Gasteiger partial charge on any atom is 0.338 e. The van der Waals surface area contributed by atoms with E-state index in [0.29, 0.717) is 24.0 Å². The minimum absolute atomic E-state index is 0.116. The van der Waals surface area contributed by atoms with Gasteiger partial charge in [0.25, 0.3) is 0 Å². The lowest BCUT2D eigenvalue weighted by Gasteiger charge is -2.23. The van der Waals surface area contributed by atoms with Gasteiger partial charge in [-0.05, 0) is 36.3 Å². The predicted octanol–water partition coefficient (Wildman–Crippen LogP) is 3.90. The maximum absolute atomic E-state index is 12.2. The molecule has 130 valence electrons. The third-order valence-corrected chi connectivity index (χ3v) is 6.48. The van der Waals surface area contributed by atoms with Crippen molar-refractivity contribution in [2.45, 2.75) is 44.3 Å². The molecule has 0 N–H and O–H groups in total. The van der Waals surface area contributed by atoms with Gasteiger partial charge in [0.15, 0.2) is 5.44 Å². The van der Waals surface area contributed by atoms with Gasteiger partial charge in [-0.15, -0.1) is 11.8 Å². The smallest absolute Gasteiger partial charge is 0.338 e. The van der Waals surface area contributed by atoms with Gasteiger partial charge in [-0.3, -0.25) is 4.79 Å². The number of carbonyl (C=O) groups is 2. The van der Waals surface area contributed by atoms with Crippen molar-refractivity contribution in [1.82, 2.24) is 0 Å². The highest BCUT2D eigenvalue weighted by Gasteiger charge is 2.53. The summed E-state index contributed by atoms with van der Waals surface area (Å²) in [4.78, 5) is 23.5. The van der Waals surface area contributed by atoms with Crippen LogP contribution < -0.4 is 0 Å². The lowest BCUT2D eigenvalue weighted by atomic mass is 9.90. The summed E-state index contributed by atoms with van der Waals surface area (Å²) in [7, 11) is 0. The topological polar surface area (TPSA) is 52.6 Å². The first kappa shape index (κ1) is 17.3. The van der Waals surface area contributed by atoms with E-state index in [1.165, 1.54) is 6.92 Å². The highest BCUT2D eigenvalue weighted by atomic mass is 32.2. The summed E-state index contributed by atoms with van der Waals surface area (Å²) in [6, 6.07) is 9.04. The Labute approximate surface area is 147 Å². The van der Waals surface area contributed by atoms with Gasteiger partial charge in [-0.25, -0.2) is 4.79 Å². The molecular formula is C19H24O4S. The molecule has 2 aliphatic rings. The maximum atomic E-state index is 12.2. The van der Waals surface area contributed by atoms with Crippen LogP contribution >= 0.6 is 11.8 Å². The predicted molar refractivity (Wildman–Crippen MR) is 93.7 cm³/mol. The van der Waals surface area contributed by atoms with Crippen molar-refractivity contribution >= 4 is 23.7 Å². The summed E-state index contributed by atoms with van der Waals surface area (Å²) in [6.45, 7) is 6.34. The van der Waals surface area contributed by atoms with Crippen LogP contribution in [0.1, 0.15) is 44.0 Å². The quantitative estimate of drug-likeness (QED) is 0.773. The Balaban J connectivity index is 1.64. The molecule has 1 aromatic rings. The molecule has 0 aromatic heterocycles. The number of hydrogen-bond acceptors (Lipinski definition) is 5. The normalized spacial score (nSPS) is 30.6. The molecule has 0 amide bonds. The van der Waals surface area contributed by atoms with Crippen molar-refractivity contribution in [2.24, 2.45) is 17.3 Å². The Bertz CT molecular complexity index is 613. The van der Waals surface area contributed by atoms with Gasteiger partial charge in [0.05, 0.1) is 5.56 Å². The van der Waals surface area contributed by atoms with Crippen LogP contribution in [-0.4, -0.2) is 29.2 Å². The number of fused-ring (bicyclic) bond motifs is 1. The molecule has 1 aliphatic carbocycles. The van der Waals surface area contributed by atoms with Gasteiger partial charge in [0, 0.05) is 18.1 Å². The van der Waals surface area contributed by atoms with Gasteiger partial charge in [-0.1, -0.05) is 32.0 Å². The highest BCUT2D eigenvalue weighted by molar-refractivity contribution is 8.00. The molecule has 1 unspecified atom stereocenters. The van der Waals surface area contributed by atoms with Crippen LogP contribution in [0.5, 0.6) is 0 Å². The molecular weight excluding hydrogens is 324 g/mol. The fourth-order valence-corrected chi connectivity index (χ4v) is 5.68. The van der Waals surface area contributed by atoms with Crippen LogP contribution in [0.15, 0.2) is 30.3 Å². The Kier molecular flexibility index (Phi) is 4.90. The van der Waals surface area contributed by atoms with Gasteiger partial charge in [0.1, 0.15) is 6.61 Å². The molecule has 4 nitrogen and oxygen atoms in total. The zero-order valence-corrected chi connectivity index (χ0v) is 15.2. The molecule has 1 heterocycles. The van der Waals surface area contributed by atoms with E-state index in [-0.39, 0.29) is 28.0 Å². The summed E-state index contributed by atoms with van der Waals surface area (Å²) >= 11 is 1.65. The average Bonchev–Trinajstić information content (AvgIpc) is 3.00. The Hall–Kier alpha value is -1.49. The molecule has 1 aromatic carbocycles. The van der Waals surface area contributed by atoms with E-state index in [1.54, 1.807) is 23.9 Å². The Morgan fingerprint density at radius 3 is 2.50 bits per heavy atom. The fourth-order valence-electron chi connectivity index (χ4n) is 4.00. The zero-order chi connectivity index (χ0) is 17.3. The second kappa shape index (κ2) is 6.79. The van der Waals surface area contributed by atoms with Gasteiger partial charge < -0.3 is 9.47 Å². The number of ether oxygens (including phenoxy) is 2. The van der Waals surface area contributed by atoms with Gasteiger partial charge in [-0.2, -0.15) is 0 Å². The largest absolute Gasteiger partial charge is 0.461 e. The first-order valence-corrected chi connectivity index (χ1v) is 9.35. The first-order valence-electron chi connectivity index (χ1n) is 8.40. The molecule has 5 heteroatoms. The van der Waals surface area contributed by atoms with Crippen LogP contribution in [0.25, 0.3) is 0 Å². The van der Waals surface area contributed by atoms with Crippen LogP contribution in [0.3, 0.4) is 0 Å². The third kappa shape index (κ3) is 3.77. The van der Waals surface area contributed by atoms with E-state index in [2.05, 4.69) is 13.8 Å². The number of thioether (sulfide) groups is 1. The van der Waals surface area contributed by atoms with Gasteiger partial charge >= 0.3 is 11.9 Å².